The summed E-state index contributed by atoms with van der Waals surface area (Å²) in [5.74, 6) is -0.674. The summed E-state index contributed by atoms with van der Waals surface area (Å²) in [7, 11) is 0. The van der Waals surface area contributed by atoms with Crippen molar-refractivity contribution in [2.24, 2.45) is 0 Å². The fraction of sp³-hybridized carbons (Fsp3) is 0.429. The van der Waals surface area contributed by atoms with Crippen molar-refractivity contribution in [1.29, 1.82) is 0 Å². The van der Waals surface area contributed by atoms with Gasteiger partial charge in [-0.3, -0.25) is 9.59 Å². The maximum atomic E-state index is 12.3. The number of ether oxygens (including phenoxy) is 2. The van der Waals surface area contributed by atoms with Crippen molar-refractivity contribution in [2.75, 3.05) is 36.5 Å². The number of nitrogens with one attached hydrogen (secondary N) is 1. The lowest BCUT2D eigenvalue weighted by Crippen LogP contribution is -2.36. The Morgan fingerprint density at radius 1 is 1.21 bits per heavy atom. The largest absolute Gasteiger partial charge is 0.453 e. The van der Waals surface area contributed by atoms with Gasteiger partial charge in [-0.25, -0.2) is 0 Å². The number of morpholine rings is 1. The van der Waals surface area contributed by atoms with Gasteiger partial charge in [-0.05, 0) is 55.5 Å². The third-order valence-corrected chi connectivity index (χ3v) is 5.51. The van der Waals surface area contributed by atoms with Crippen LogP contribution in [0.15, 0.2) is 41.8 Å². The summed E-state index contributed by atoms with van der Waals surface area (Å²) in [4.78, 5) is 27.7. The minimum absolute atomic E-state index is 0.309. The van der Waals surface area contributed by atoms with Crippen LogP contribution in [0.3, 0.4) is 0 Å². The number of aryl methyl sites for hydroxylation is 1. The molecule has 3 rings (SSSR count). The van der Waals surface area contributed by atoms with Gasteiger partial charge in [0.2, 0.25) is 0 Å². The van der Waals surface area contributed by atoms with Gasteiger partial charge in [0.1, 0.15) is 0 Å². The quantitative estimate of drug-likeness (QED) is 0.685. The van der Waals surface area contributed by atoms with Crippen LogP contribution in [0.4, 0.5) is 11.4 Å². The first kappa shape index (κ1) is 20.4. The lowest BCUT2D eigenvalue weighted by atomic mass is 10.2. The molecular formula is C21H26N2O4S. The number of rotatable bonds is 8. The van der Waals surface area contributed by atoms with Crippen molar-refractivity contribution in [3.05, 3.63) is 46.7 Å². The van der Waals surface area contributed by atoms with Gasteiger partial charge < -0.3 is 19.7 Å². The normalized spacial score (nSPS) is 15.1. The zero-order valence-electron chi connectivity index (χ0n) is 16.1. The topological polar surface area (TPSA) is 67.9 Å². The summed E-state index contributed by atoms with van der Waals surface area (Å²) in [5.41, 5.74) is 1.79. The smallest absolute Gasteiger partial charge is 0.306 e. The fourth-order valence-electron chi connectivity index (χ4n) is 2.99. The van der Waals surface area contributed by atoms with Crippen molar-refractivity contribution < 1.29 is 19.1 Å². The van der Waals surface area contributed by atoms with Crippen molar-refractivity contribution in [2.45, 2.75) is 32.3 Å². The van der Waals surface area contributed by atoms with Crippen molar-refractivity contribution >= 4 is 34.6 Å². The number of carbonyl (C=O) groups excluding carboxylic acids is 2. The maximum absolute atomic E-state index is 12.3. The van der Waals surface area contributed by atoms with E-state index in [4.69, 9.17) is 9.47 Å². The minimum atomic E-state index is -0.826. The van der Waals surface area contributed by atoms with Gasteiger partial charge in [0.25, 0.3) is 5.91 Å². The molecule has 150 valence electrons. The molecule has 1 aromatic carbocycles. The van der Waals surface area contributed by atoms with Gasteiger partial charge in [-0.1, -0.05) is 6.07 Å². The highest BCUT2D eigenvalue weighted by atomic mass is 32.1. The molecular weight excluding hydrogens is 376 g/mol. The SMILES string of the molecule is C[C@H](OC(=O)CCCc1cccs1)C(=O)Nc1ccc(N2CCOCC2)cc1. The number of carbonyl (C=O) groups is 2. The Hall–Kier alpha value is -2.38. The molecule has 6 nitrogen and oxygen atoms in total. The summed E-state index contributed by atoms with van der Waals surface area (Å²) in [6, 6.07) is 11.7. The zero-order valence-corrected chi connectivity index (χ0v) is 16.9. The van der Waals surface area contributed by atoms with E-state index < -0.39 is 6.10 Å². The van der Waals surface area contributed by atoms with Gasteiger partial charge in [0.05, 0.1) is 13.2 Å². The zero-order chi connectivity index (χ0) is 19.8. The second-order valence-electron chi connectivity index (χ2n) is 6.70. The molecule has 0 aliphatic carbocycles. The first-order valence-electron chi connectivity index (χ1n) is 9.57. The highest BCUT2D eigenvalue weighted by molar-refractivity contribution is 7.09. The van der Waals surface area contributed by atoms with Gasteiger partial charge in [-0.2, -0.15) is 0 Å². The second-order valence-corrected chi connectivity index (χ2v) is 7.73. The van der Waals surface area contributed by atoms with Gasteiger partial charge in [0, 0.05) is 35.8 Å². The van der Waals surface area contributed by atoms with E-state index in [2.05, 4.69) is 16.3 Å². The molecule has 0 bridgehead atoms. The number of benzene rings is 1. The molecule has 0 radical (unpaired) electrons. The summed E-state index contributed by atoms with van der Waals surface area (Å²) < 4.78 is 10.6. The molecule has 1 atom stereocenters. The predicted molar refractivity (Wildman–Crippen MR) is 111 cm³/mol. The van der Waals surface area contributed by atoms with Crippen LogP contribution >= 0.6 is 11.3 Å². The molecule has 1 aliphatic heterocycles. The molecule has 0 saturated carbocycles. The summed E-state index contributed by atoms with van der Waals surface area (Å²) >= 11 is 1.68. The molecule has 1 fully saturated rings. The van der Waals surface area contributed by atoms with Gasteiger partial charge in [0.15, 0.2) is 6.10 Å². The van der Waals surface area contributed by atoms with E-state index in [-0.39, 0.29) is 11.9 Å². The van der Waals surface area contributed by atoms with Crippen LogP contribution in [-0.2, 0) is 25.5 Å². The average Bonchev–Trinajstić information content (AvgIpc) is 3.22. The van der Waals surface area contributed by atoms with E-state index in [1.807, 2.05) is 35.7 Å². The Balaban J connectivity index is 1.41. The summed E-state index contributed by atoms with van der Waals surface area (Å²) in [6.07, 6.45) is 1.05. The highest BCUT2D eigenvalue weighted by Gasteiger charge is 2.18. The number of thiophene rings is 1. The second kappa shape index (κ2) is 10.2. The van der Waals surface area contributed by atoms with E-state index >= 15 is 0 Å². The molecule has 1 aromatic heterocycles. The number of nitrogens with zero attached hydrogens (tertiary/aromatic N) is 1. The Morgan fingerprint density at radius 2 is 1.96 bits per heavy atom. The Kier molecular flexibility index (Phi) is 7.45. The minimum Gasteiger partial charge on any atom is -0.453 e. The molecule has 1 amide bonds. The maximum Gasteiger partial charge on any atom is 0.306 e. The lowest BCUT2D eigenvalue weighted by molar-refractivity contribution is -0.153. The van der Waals surface area contributed by atoms with Crippen LogP contribution in [0.25, 0.3) is 0 Å². The number of esters is 1. The Labute approximate surface area is 169 Å². The number of hydrogen-bond donors (Lipinski definition) is 1. The molecule has 1 saturated heterocycles. The Morgan fingerprint density at radius 3 is 2.64 bits per heavy atom. The standard InChI is InChI=1S/C21H26N2O4S/c1-16(27-20(24)6-2-4-19-5-3-15-28-19)21(25)22-17-7-9-18(10-8-17)23-11-13-26-14-12-23/h3,5,7-10,15-16H,2,4,6,11-14H2,1H3,(H,22,25)/t16-/m0/s1. The van der Waals surface area contributed by atoms with Crippen LogP contribution in [0.2, 0.25) is 0 Å². The monoisotopic (exact) mass is 402 g/mol. The lowest BCUT2D eigenvalue weighted by Gasteiger charge is -2.28. The van der Waals surface area contributed by atoms with Crippen LogP contribution in [0.1, 0.15) is 24.6 Å². The Bertz CT molecular complexity index is 755. The average molecular weight is 403 g/mol. The van der Waals surface area contributed by atoms with Gasteiger partial charge in [-0.15, -0.1) is 11.3 Å². The molecule has 1 aliphatic rings. The highest BCUT2D eigenvalue weighted by Crippen LogP contribution is 2.19. The number of hydrogen-bond acceptors (Lipinski definition) is 6. The first-order chi connectivity index (χ1) is 13.6. The fourth-order valence-corrected chi connectivity index (χ4v) is 3.74. The third kappa shape index (κ3) is 6.07. The van der Waals surface area contributed by atoms with Gasteiger partial charge >= 0.3 is 5.97 Å². The number of amides is 1. The summed E-state index contributed by atoms with van der Waals surface area (Å²) in [6.45, 7) is 4.79. The molecule has 0 spiro atoms. The van der Waals surface area contributed by atoms with Crippen molar-refractivity contribution in [3.63, 3.8) is 0 Å². The van der Waals surface area contributed by atoms with E-state index in [0.717, 1.165) is 44.8 Å². The molecule has 2 aromatic rings. The van der Waals surface area contributed by atoms with E-state index in [1.54, 1.807) is 18.3 Å². The molecule has 2 heterocycles. The molecule has 0 unspecified atom stereocenters. The molecule has 28 heavy (non-hydrogen) atoms. The number of anilines is 2. The van der Waals surface area contributed by atoms with E-state index in [0.29, 0.717) is 12.1 Å². The molecule has 1 N–H and O–H groups in total. The van der Waals surface area contributed by atoms with Crippen LogP contribution < -0.4 is 10.2 Å². The van der Waals surface area contributed by atoms with Crippen LogP contribution in [-0.4, -0.2) is 44.3 Å². The molecule has 7 heteroatoms. The van der Waals surface area contributed by atoms with Crippen molar-refractivity contribution in [3.8, 4) is 0 Å². The van der Waals surface area contributed by atoms with Crippen molar-refractivity contribution in [1.82, 2.24) is 0 Å². The predicted octanol–water partition coefficient (Wildman–Crippen LogP) is 3.48. The van der Waals surface area contributed by atoms with Crippen LogP contribution in [0, 0.1) is 0 Å². The summed E-state index contributed by atoms with van der Waals surface area (Å²) in [5, 5.41) is 4.82. The van der Waals surface area contributed by atoms with E-state index in [9.17, 15) is 9.59 Å². The third-order valence-electron chi connectivity index (χ3n) is 4.57. The first-order valence-corrected chi connectivity index (χ1v) is 10.5. The van der Waals surface area contributed by atoms with Crippen LogP contribution in [0.5, 0.6) is 0 Å². The van der Waals surface area contributed by atoms with E-state index in [1.165, 1.54) is 4.88 Å².